The highest BCUT2D eigenvalue weighted by atomic mass is 35.5. The molecule has 1 saturated heterocycles. The van der Waals surface area contributed by atoms with Gasteiger partial charge in [-0.15, -0.1) is 0 Å². The van der Waals surface area contributed by atoms with Crippen LogP contribution in [-0.4, -0.2) is 22.9 Å². The maximum atomic E-state index is 14.9. The molecule has 3 aromatic rings. The van der Waals surface area contributed by atoms with Gasteiger partial charge in [-0.25, -0.2) is 8.78 Å². The molecule has 0 radical (unpaired) electrons. The van der Waals surface area contributed by atoms with E-state index < -0.39 is 0 Å². The Labute approximate surface area is 181 Å². The SMILES string of the molecule is Cc1ccccc1CN1CCCN(Cc2ccc(F)cc2Cl)[C@@H]1c1ccccc1F. The molecule has 0 unspecified atom stereocenters. The molecule has 156 valence electrons. The molecule has 1 fully saturated rings. The number of hydrogen-bond donors (Lipinski definition) is 0. The van der Waals surface area contributed by atoms with Crippen molar-refractivity contribution < 1.29 is 8.78 Å². The molecule has 2 nitrogen and oxygen atoms in total. The van der Waals surface area contributed by atoms with Crippen molar-refractivity contribution in [2.75, 3.05) is 13.1 Å². The Bertz CT molecular complexity index is 1020. The van der Waals surface area contributed by atoms with E-state index in [1.807, 2.05) is 24.3 Å². The largest absolute Gasteiger partial charge is 0.280 e. The van der Waals surface area contributed by atoms with Crippen molar-refractivity contribution in [1.82, 2.24) is 9.80 Å². The zero-order valence-corrected chi connectivity index (χ0v) is 17.7. The van der Waals surface area contributed by atoms with Crippen molar-refractivity contribution in [3.05, 3.63) is 106 Å². The van der Waals surface area contributed by atoms with Crippen molar-refractivity contribution in [3.63, 3.8) is 0 Å². The minimum atomic E-state index is -0.353. The first kappa shape index (κ1) is 21.0. The van der Waals surface area contributed by atoms with Crippen LogP contribution in [0, 0.1) is 18.6 Å². The molecule has 0 N–H and O–H groups in total. The fraction of sp³-hybridized carbons (Fsp3) is 0.280. The van der Waals surface area contributed by atoms with Gasteiger partial charge < -0.3 is 0 Å². The van der Waals surface area contributed by atoms with Crippen molar-refractivity contribution >= 4 is 11.6 Å². The Balaban J connectivity index is 1.69. The first-order valence-corrected chi connectivity index (χ1v) is 10.6. The summed E-state index contributed by atoms with van der Waals surface area (Å²) < 4.78 is 28.4. The van der Waals surface area contributed by atoms with Gasteiger partial charge in [0.15, 0.2) is 0 Å². The van der Waals surface area contributed by atoms with E-state index in [1.54, 1.807) is 12.1 Å². The van der Waals surface area contributed by atoms with Crippen LogP contribution in [0.25, 0.3) is 0 Å². The Hall–Kier alpha value is -2.27. The lowest BCUT2D eigenvalue weighted by Gasteiger charge is -2.44. The molecule has 0 bridgehead atoms. The molecule has 1 heterocycles. The number of halogens is 3. The molecule has 0 spiro atoms. The minimum Gasteiger partial charge on any atom is -0.280 e. The highest BCUT2D eigenvalue weighted by Crippen LogP contribution is 2.34. The summed E-state index contributed by atoms with van der Waals surface area (Å²) >= 11 is 6.31. The van der Waals surface area contributed by atoms with E-state index in [9.17, 15) is 8.78 Å². The van der Waals surface area contributed by atoms with Gasteiger partial charge in [-0.05, 0) is 48.2 Å². The summed E-state index contributed by atoms with van der Waals surface area (Å²) in [5.74, 6) is -0.566. The molecule has 30 heavy (non-hydrogen) atoms. The van der Waals surface area contributed by atoms with Crippen molar-refractivity contribution in [2.24, 2.45) is 0 Å². The molecular formula is C25H25ClF2N2. The molecule has 1 aliphatic rings. The molecule has 0 saturated carbocycles. The van der Waals surface area contributed by atoms with E-state index >= 15 is 0 Å². The number of rotatable bonds is 5. The Morgan fingerprint density at radius 2 is 1.53 bits per heavy atom. The fourth-order valence-electron chi connectivity index (χ4n) is 4.24. The Morgan fingerprint density at radius 1 is 0.867 bits per heavy atom. The van der Waals surface area contributed by atoms with Crippen LogP contribution in [0.3, 0.4) is 0 Å². The molecular weight excluding hydrogens is 402 g/mol. The van der Waals surface area contributed by atoms with Gasteiger partial charge in [-0.1, -0.05) is 60.1 Å². The van der Waals surface area contributed by atoms with Crippen LogP contribution in [0.1, 0.15) is 34.8 Å². The molecule has 5 heteroatoms. The van der Waals surface area contributed by atoms with Crippen molar-refractivity contribution in [2.45, 2.75) is 32.6 Å². The van der Waals surface area contributed by atoms with E-state index in [0.717, 1.165) is 31.6 Å². The van der Waals surface area contributed by atoms with Crippen LogP contribution >= 0.6 is 11.6 Å². The van der Waals surface area contributed by atoms with E-state index in [1.165, 1.54) is 29.3 Å². The second-order valence-corrected chi connectivity index (χ2v) is 8.26. The van der Waals surface area contributed by atoms with Crippen LogP contribution in [-0.2, 0) is 13.1 Å². The topological polar surface area (TPSA) is 6.48 Å². The average molecular weight is 427 g/mol. The predicted molar refractivity (Wildman–Crippen MR) is 117 cm³/mol. The summed E-state index contributed by atoms with van der Waals surface area (Å²) in [5, 5.41) is 0.401. The molecule has 1 atom stereocenters. The first-order valence-electron chi connectivity index (χ1n) is 10.2. The maximum absolute atomic E-state index is 14.9. The van der Waals surface area contributed by atoms with Gasteiger partial charge in [0, 0.05) is 36.8 Å². The standard InChI is InChI=1S/C25H25ClF2N2/c1-18-7-2-3-8-19(18)16-29-13-6-14-30(17-20-11-12-21(27)15-23(20)26)25(29)22-9-4-5-10-24(22)28/h2-5,7-12,15,25H,6,13-14,16-17H2,1H3/t25-/m1/s1. The molecule has 1 aliphatic heterocycles. The lowest BCUT2D eigenvalue weighted by Crippen LogP contribution is -2.47. The van der Waals surface area contributed by atoms with E-state index in [4.69, 9.17) is 11.6 Å². The van der Waals surface area contributed by atoms with Gasteiger partial charge in [0.1, 0.15) is 11.6 Å². The van der Waals surface area contributed by atoms with E-state index in [-0.39, 0.29) is 17.8 Å². The average Bonchev–Trinajstić information content (AvgIpc) is 2.73. The number of aryl methyl sites for hydroxylation is 1. The summed E-state index contributed by atoms with van der Waals surface area (Å²) in [6.45, 7) is 5.06. The third kappa shape index (κ3) is 4.56. The summed E-state index contributed by atoms with van der Waals surface area (Å²) in [7, 11) is 0. The van der Waals surface area contributed by atoms with E-state index in [0.29, 0.717) is 17.1 Å². The minimum absolute atomic E-state index is 0.214. The zero-order chi connectivity index (χ0) is 21.1. The van der Waals surface area contributed by atoms with Crippen LogP contribution in [0.15, 0.2) is 66.7 Å². The molecule has 0 amide bonds. The molecule has 0 aromatic heterocycles. The summed E-state index contributed by atoms with van der Waals surface area (Å²) in [6.07, 6.45) is 0.746. The Morgan fingerprint density at radius 3 is 2.23 bits per heavy atom. The predicted octanol–water partition coefficient (Wildman–Crippen LogP) is 6.33. The highest BCUT2D eigenvalue weighted by Gasteiger charge is 2.32. The van der Waals surface area contributed by atoms with Crippen LogP contribution in [0.5, 0.6) is 0 Å². The summed E-state index contributed by atoms with van der Waals surface area (Å²) in [4.78, 5) is 4.56. The van der Waals surface area contributed by atoms with Crippen molar-refractivity contribution in [3.8, 4) is 0 Å². The van der Waals surface area contributed by atoms with Crippen LogP contribution in [0.4, 0.5) is 8.78 Å². The zero-order valence-electron chi connectivity index (χ0n) is 17.0. The third-order valence-corrected chi connectivity index (χ3v) is 6.14. The third-order valence-electron chi connectivity index (χ3n) is 5.79. The smallest absolute Gasteiger partial charge is 0.129 e. The first-order chi connectivity index (χ1) is 14.5. The second kappa shape index (κ2) is 9.25. The van der Waals surface area contributed by atoms with Gasteiger partial charge in [0.2, 0.25) is 0 Å². The van der Waals surface area contributed by atoms with Gasteiger partial charge in [-0.3, -0.25) is 9.80 Å². The summed E-state index contributed by atoms with van der Waals surface area (Å²) in [5.41, 5.74) is 3.96. The number of benzene rings is 3. The second-order valence-electron chi connectivity index (χ2n) is 7.85. The van der Waals surface area contributed by atoms with Gasteiger partial charge in [0.05, 0.1) is 6.17 Å². The number of nitrogens with zero attached hydrogens (tertiary/aromatic N) is 2. The van der Waals surface area contributed by atoms with Crippen molar-refractivity contribution in [1.29, 1.82) is 0 Å². The van der Waals surface area contributed by atoms with Gasteiger partial charge in [-0.2, -0.15) is 0 Å². The fourth-order valence-corrected chi connectivity index (χ4v) is 4.46. The lowest BCUT2D eigenvalue weighted by molar-refractivity contribution is -0.0112. The maximum Gasteiger partial charge on any atom is 0.129 e. The Kier molecular flexibility index (Phi) is 6.47. The monoisotopic (exact) mass is 426 g/mol. The van der Waals surface area contributed by atoms with Crippen LogP contribution < -0.4 is 0 Å². The molecule has 0 aliphatic carbocycles. The lowest BCUT2D eigenvalue weighted by atomic mass is 10.0. The number of hydrogen-bond acceptors (Lipinski definition) is 2. The van der Waals surface area contributed by atoms with Gasteiger partial charge >= 0.3 is 0 Å². The molecule has 4 rings (SSSR count). The van der Waals surface area contributed by atoms with Gasteiger partial charge in [0.25, 0.3) is 0 Å². The van der Waals surface area contributed by atoms with Crippen LogP contribution in [0.2, 0.25) is 5.02 Å². The normalized spacial score (nSPS) is 17.9. The molecule has 3 aromatic carbocycles. The quantitative estimate of drug-likeness (QED) is 0.470. The summed E-state index contributed by atoms with van der Waals surface area (Å²) in [6, 6.07) is 19.8. The highest BCUT2D eigenvalue weighted by molar-refractivity contribution is 6.31. The van der Waals surface area contributed by atoms with E-state index in [2.05, 4.69) is 28.9 Å².